The Bertz CT molecular complexity index is 1060. The smallest absolute Gasteiger partial charge is 0.260 e. The lowest BCUT2D eigenvalue weighted by Gasteiger charge is -2.04. The zero-order valence-corrected chi connectivity index (χ0v) is 14.4. The second kappa shape index (κ2) is 7.27. The van der Waals surface area contributed by atoms with E-state index < -0.39 is 0 Å². The first-order chi connectivity index (χ1) is 12.2. The van der Waals surface area contributed by atoms with Crippen LogP contribution in [-0.4, -0.2) is 18.9 Å². The molecule has 0 saturated heterocycles. The highest BCUT2D eigenvalue weighted by Gasteiger charge is 2.07. The van der Waals surface area contributed by atoms with Crippen molar-refractivity contribution < 1.29 is 0 Å². The largest absolute Gasteiger partial charge is 0.326 e. The maximum absolute atomic E-state index is 12.5. The van der Waals surface area contributed by atoms with E-state index in [9.17, 15) is 4.79 Å². The highest BCUT2D eigenvalue weighted by Crippen LogP contribution is 2.10. The van der Waals surface area contributed by atoms with Crippen molar-refractivity contribution in [3.8, 4) is 0 Å². The van der Waals surface area contributed by atoms with Crippen molar-refractivity contribution in [2.24, 2.45) is 5.73 Å². The van der Waals surface area contributed by atoms with Crippen molar-refractivity contribution in [3.05, 3.63) is 76.9 Å². The highest BCUT2D eigenvalue weighted by atomic mass is 16.1. The van der Waals surface area contributed by atoms with E-state index in [0.717, 1.165) is 22.3 Å². The Morgan fingerprint density at radius 1 is 1.12 bits per heavy atom. The summed E-state index contributed by atoms with van der Waals surface area (Å²) in [4.78, 5) is 21.1. The lowest BCUT2D eigenvalue weighted by atomic mass is 10.2. The number of hydrogen-bond donors (Lipinski definition) is 1. The van der Waals surface area contributed by atoms with Gasteiger partial charge in [-0.25, -0.2) is 4.98 Å². The van der Waals surface area contributed by atoms with E-state index in [4.69, 9.17) is 5.73 Å². The number of pyridine rings is 3. The molecule has 0 aliphatic carbocycles. The lowest BCUT2D eigenvalue weighted by Crippen LogP contribution is -2.20. The Morgan fingerprint density at radius 2 is 1.96 bits per heavy atom. The number of aromatic nitrogens is 4. The SMILES string of the molecule is CC.NCc1ccc2nc(Cn3ccc4ccncc4c3=O)cn2c1. The Kier molecular flexibility index (Phi) is 4.90. The zero-order chi connectivity index (χ0) is 17.8. The maximum atomic E-state index is 12.5. The summed E-state index contributed by atoms with van der Waals surface area (Å²) in [7, 11) is 0. The van der Waals surface area contributed by atoms with Crippen LogP contribution in [0, 0.1) is 0 Å². The highest BCUT2D eigenvalue weighted by molar-refractivity contribution is 5.80. The number of nitrogens with two attached hydrogens (primary N) is 1. The van der Waals surface area contributed by atoms with Gasteiger partial charge in [0.2, 0.25) is 0 Å². The van der Waals surface area contributed by atoms with Crippen molar-refractivity contribution in [2.45, 2.75) is 26.9 Å². The van der Waals surface area contributed by atoms with E-state index in [-0.39, 0.29) is 5.56 Å². The molecule has 2 N–H and O–H groups in total. The average Bonchev–Trinajstić information content (AvgIpc) is 3.07. The van der Waals surface area contributed by atoms with Gasteiger partial charge in [-0.1, -0.05) is 19.9 Å². The first kappa shape index (κ1) is 16.9. The molecule has 4 aromatic rings. The topological polar surface area (TPSA) is 78.2 Å². The second-order valence-corrected chi connectivity index (χ2v) is 5.45. The van der Waals surface area contributed by atoms with E-state index in [0.29, 0.717) is 18.5 Å². The van der Waals surface area contributed by atoms with Gasteiger partial charge in [0.05, 0.1) is 17.6 Å². The Morgan fingerprint density at radius 3 is 2.76 bits per heavy atom. The zero-order valence-electron chi connectivity index (χ0n) is 14.4. The molecular formula is C19H21N5O. The number of imidazole rings is 1. The summed E-state index contributed by atoms with van der Waals surface area (Å²) in [6.07, 6.45) is 8.96. The van der Waals surface area contributed by atoms with Crippen molar-refractivity contribution in [2.75, 3.05) is 0 Å². The molecule has 0 aliphatic heterocycles. The normalized spacial score (nSPS) is 10.7. The van der Waals surface area contributed by atoms with Crippen LogP contribution >= 0.6 is 0 Å². The second-order valence-electron chi connectivity index (χ2n) is 5.45. The van der Waals surface area contributed by atoms with Crippen molar-refractivity contribution in [1.82, 2.24) is 18.9 Å². The molecule has 0 amide bonds. The quantitative estimate of drug-likeness (QED) is 0.624. The summed E-state index contributed by atoms with van der Waals surface area (Å²) < 4.78 is 3.58. The summed E-state index contributed by atoms with van der Waals surface area (Å²) in [6.45, 7) is 4.91. The molecule has 0 bridgehead atoms. The minimum absolute atomic E-state index is 0.0599. The number of fused-ring (bicyclic) bond motifs is 2. The minimum Gasteiger partial charge on any atom is -0.326 e. The van der Waals surface area contributed by atoms with Crippen molar-refractivity contribution in [1.29, 1.82) is 0 Å². The molecule has 25 heavy (non-hydrogen) atoms. The van der Waals surface area contributed by atoms with E-state index >= 15 is 0 Å². The predicted octanol–water partition coefficient (Wildman–Crippen LogP) is 2.58. The summed E-state index contributed by atoms with van der Waals surface area (Å²) in [5.74, 6) is 0. The fourth-order valence-corrected chi connectivity index (χ4v) is 2.71. The van der Waals surface area contributed by atoms with Crippen molar-refractivity contribution >= 4 is 16.4 Å². The molecule has 4 rings (SSSR count). The van der Waals surface area contributed by atoms with Gasteiger partial charge >= 0.3 is 0 Å². The van der Waals surface area contributed by atoms with Gasteiger partial charge in [0.25, 0.3) is 5.56 Å². The van der Waals surface area contributed by atoms with E-state index in [1.807, 2.05) is 54.9 Å². The Labute approximate surface area is 145 Å². The molecular weight excluding hydrogens is 314 g/mol. The van der Waals surface area contributed by atoms with Crippen LogP contribution in [0.15, 0.2) is 60.0 Å². The molecule has 4 aromatic heterocycles. The minimum atomic E-state index is -0.0599. The third-order valence-corrected chi connectivity index (χ3v) is 3.91. The van der Waals surface area contributed by atoms with Gasteiger partial charge in [-0.15, -0.1) is 0 Å². The molecule has 128 valence electrons. The Balaban J connectivity index is 0.000000880. The van der Waals surface area contributed by atoms with E-state index in [1.165, 1.54) is 0 Å². The number of rotatable bonds is 3. The first-order valence-corrected chi connectivity index (χ1v) is 8.34. The fraction of sp³-hybridized carbons (Fsp3) is 0.211. The van der Waals surface area contributed by atoms with Crippen LogP contribution in [0.2, 0.25) is 0 Å². The molecule has 0 spiro atoms. The average molecular weight is 335 g/mol. The van der Waals surface area contributed by atoms with E-state index in [2.05, 4.69) is 9.97 Å². The molecule has 0 radical (unpaired) electrons. The standard InChI is InChI=1S/C17H15N5O.C2H6/c18-7-12-1-2-16-20-14(11-22(16)9-12)10-21-6-4-13-3-5-19-8-15(13)17(21)23;1-2/h1-6,8-9,11H,7,10,18H2;1-2H3. The third-order valence-electron chi connectivity index (χ3n) is 3.91. The molecule has 0 aromatic carbocycles. The number of hydrogen-bond acceptors (Lipinski definition) is 4. The van der Waals surface area contributed by atoms with Gasteiger partial charge in [0.15, 0.2) is 0 Å². The Hall–Kier alpha value is -2.99. The summed E-state index contributed by atoms with van der Waals surface area (Å²) in [6, 6.07) is 7.64. The van der Waals surface area contributed by atoms with Crippen LogP contribution in [0.1, 0.15) is 25.1 Å². The first-order valence-electron chi connectivity index (χ1n) is 8.34. The summed E-state index contributed by atoms with van der Waals surface area (Å²) >= 11 is 0. The van der Waals surface area contributed by atoms with Crippen LogP contribution in [-0.2, 0) is 13.1 Å². The van der Waals surface area contributed by atoms with Crippen LogP contribution in [0.3, 0.4) is 0 Å². The van der Waals surface area contributed by atoms with Gasteiger partial charge in [-0.05, 0) is 29.1 Å². The summed E-state index contributed by atoms with van der Waals surface area (Å²) in [5.41, 5.74) is 8.30. The molecule has 6 heteroatoms. The molecule has 0 fully saturated rings. The predicted molar refractivity (Wildman–Crippen MR) is 99.5 cm³/mol. The van der Waals surface area contributed by atoms with Gasteiger partial charge in [-0.3, -0.25) is 9.78 Å². The fourth-order valence-electron chi connectivity index (χ4n) is 2.71. The van der Waals surface area contributed by atoms with Crippen LogP contribution in [0.5, 0.6) is 0 Å². The number of nitrogens with zero attached hydrogens (tertiary/aromatic N) is 4. The molecule has 0 saturated carbocycles. The molecule has 4 heterocycles. The van der Waals surface area contributed by atoms with E-state index in [1.54, 1.807) is 23.2 Å². The molecule has 0 aliphatic rings. The van der Waals surface area contributed by atoms with Crippen LogP contribution in [0.4, 0.5) is 0 Å². The van der Waals surface area contributed by atoms with Gasteiger partial charge in [0, 0.05) is 37.5 Å². The lowest BCUT2D eigenvalue weighted by molar-refractivity contribution is 0.752. The monoisotopic (exact) mass is 335 g/mol. The van der Waals surface area contributed by atoms with Crippen LogP contribution < -0.4 is 11.3 Å². The van der Waals surface area contributed by atoms with Crippen molar-refractivity contribution in [3.63, 3.8) is 0 Å². The van der Waals surface area contributed by atoms with Crippen LogP contribution in [0.25, 0.3) is 16.4 Å². The molecule has 0 atom stereocenters. The summed E-state index contributed by atoms with van der Waals surface area (Å²) in [5, 5.41) is 1.51. The molecule has 0 unspecified atom stereocenters. The maximum Gasteiger partial charge on any atom is 0.260 e. The van der Waals surface area contributed by atoms with Gasteiger partial charge in [0.1, 0.15) is 5.65 Å². The molecule has 6 nitrogen and oxygen atoms in total. The van der Waals surface area contributed by atoms with Gasteiger partial charge < -0.3 is 14.7 Å². The van der Waals surface area contributed by atoms with Gasteiger partial charge in [-0.2, -0.15) is 0 Å². The third kappa shape index (κ3) is 3.29.